The van der Waals surface area contributed by atoms with Crippen LogP contribution < -0.4 is 5.32 Å². The second-order valence-electron chi connectivity index (χ2n) is 7.52. The summed E-state index contributed by atoms with van der Waals surface area (Å²) in [6.07, 6.45) is 2.64. The maximum atomic E-state index is 12.4. The van der Waals surface area contributed by atoms with Gasteiger partial charge in [0.2, 0.25) is 5.91 Å². The van der Waals surface area contributed by atoms with E-state index in [-0.39, 0.29) is 17.1 Å². The maximum Gasteiger partial charge on any atom is 0.292 e. The first-order valence-electron chi connectivity index (χ1n) is 10.2. The molecule has 1 aromatic heterocycles. The number of nitrogens with zero attached hydrogens (tertiary/aromatic N) is 3. The zero-order chi connectivity index (χ0) is 22.5. The van der Waals surface area contributed by atoms with E-state index in [2.05, 4.69) is 28.5 Å². The highest BCUT2D eigenvalue weighted by Gasteiger charge is 2.23. The second-order valence-corrected chi connectivity index (χ2v) is 8.48. The molecule has 1 aliphatic rings. The molecule has 1 heterocycles. The van der Waals surface area contributed by atoms with Crippen LogP contribution in [0.3, 0.4) is 0 Å². The summed E-state index contributed by atoms with van der Waals surface area (Å²) >= 11 is 1.17. The number of carbonyl (C=O) groups excluding carboxylic acids is 1. The number of nitro groups is 1. The van der Waals surface area contributed by atoms with Crippen LogP contribution in [0.25, 0.3) is 0 Å². The van der Waals surface area contributed by atoms with Crippen molar-refractivity contribution < 1.29 is 9.72 Å². The van der Waals surface area contributed by atoms with Crippen LogP contribution in [0.1, 0.15) is 34.7 Å². The SMILES string of the molecule is N#Cc1cc2c(nc1SCC(=O)Nc1ccccc1[N+](=O)[O-])CCC(c1ccccc1)C2. The van der Waals surface area contributed by atoms with Gasteiger partial charge in [0.05, 0.1) is 16.2 Å². The minimum Gasteiger partial charge on any atom is -0.320 e. The Morgan fingerprint density at radius 3 is 2.72 bits per heavy atom. The lowest BCUT2D eigenvalue weighted by molar-refractivity contribution is -0.383. The summed E-state index contributed by atoms with van der Waals surface area (Å²) in [5.41, 5.74) is 3.77. The van der Waals surface area contributed by atoms with E-state index >= 15 is 0 Å². The van der Waals surface area contributed by atoms with Gasteiger partial charge in [-0.05, 0) is 48.4 Å². The van der Waals surface area contributed by atoms with Crippen LogP contribution in [0.2, 0.25) is 0 Å². The van der Waals surface area contributed by atoms with Crippen LogP contribution in [0.5, 0.6) is 0 Å². The molecule has 4 rings (SSSR count). The number of rotatable bonds is 6. The molecule has 2 aromatic carbocycles. The van der Waals surface area contributed by atoms with E-state index in [9.17, 15) is 20.2 Å². The lowest BCUT2D eigenvalue weighted by atomic mass is 9.82. The highest BCUT2D eigenvalue weighted by atomic mass is 32.2. The number of amides is 1. The third-order valence-electron chi connectivity index (χ3n) is 5.46. The van der Waals surface area contributed by atoms with Crippen molar-refractivity contribution in [2.45, 2.75) is 30.2 Å². The molecule has 0 saturated carbocycles. The van der Waals surface area contributed by atoms with Crippen molar-refractivity contribution in [2.75, 3.05) is 11.1 Å². The number of nitro benzene ring substituents is 1. The fourth-order valence-electron chi connectivity index (χ4n) is 3.90. The number of carbonyl (C=O) groups is 1. The minimum absolute atomic E-state index is 0.000838. The van der Waals surface area contributed by atoms with E-state index in [0.29, 0.717) is 16.5 Å². The van der Waals surface area contributed by atoms with Crippen molar-refractivity contribution in [2.24, 2.45) is 0 Å². The second kappa shape index (κ2) is 9.62. The number of para-hydroxylation sites is 2. The van der Waals surface area contributed by atoms with Crippen molar-refractivity contribution in [3.63, 3.8) is 0 Å². The molecule has 0 aliphatic heterocycles. The molecule has 8 heteroatoms. The monoisotopic (exact) mass is 444 g/mol. The third kappa shape index (κ3) is 4.79. The van der Waals surface area contributed by atoms with Gasteiger partial charge in [0, 0.05) is 11.8 Å². The fourth-order valence-corrected chi connectivity index (χ4v) is 4.68. The van der Waals surface area contributed by atoms with Gasteiger partial charge in [0.15, 0.2) is 0 Å². The number of aryl methyl sites for hydroxylation is 1. The summed E-state index contributed by atoms with van der Waals surface area (Å²) in [5.74, 6) is 0.0129. The van der Waals surface area contributed by atoms with Gasteiger partial charge in [-0.15, -0.1) is 0 Å². The zero-order valence-electron chi connectivity index (χ0n) is 17.2. The average molecular weight is 445 g/mol. The first-order valence-corrected chi connectivity index (χ1v) is 11.2. The number of anilines is 1. The Balaban J connectivity index is 1.46. The van der Waals surface area contributed by atoms with Crippen molar-refractivity contribution in [3.05, 3.63) is 93.2 Å². The van der Waals surface area contributed by atoms with Gasteiger partial charge >= 0.3 is 0 Å². The highest BCUT2D eigenvalue weighted by molar-refractivity contribution is 8.00. The van der Waals surface area contributed by atoms with Crippen LogP contribution in [-0.2, 0) is 17.6 Å². The summed E-state index contributed by atoms with van der Waals surface area (Å²) < 4.78 is 0. The van der Waals surface area contributed by atoms with Crippen LogP contribution in [0.4, 0.5) is 11.4 Å². The van der Waals surface area contributed by atoms with E-state index in [1.807, 2.05) is 24.3 Å². The first-order chi connectivity index (χ1) is 15.5. The van der Waals surface area contributed by atoms with Crippen molar-refractivity contribution >= 4 is 29.0 Å². The molecule has 1 amide bonds. The predicted molar refractivity (Wildman–Crippen MR) is 123 cm³/mol. The molecule has 3 aromatic rings. The number of aromatic nitrogens is 1. The Labute approximate surface area is 189 Å². The summed E-state index contributed by atoms with van der Waals surface area (Å²) in [6, 6.07) is 20.4. The van der Waals surface area contributed by atoms with Gasteiger partial charge in [-0.3, -0.25) is 14.9 Å². The molecule has 0 radical (unpaired) electrons. The number of thioether (sulfide) groups is 1. The molecule has 32 heavy (non-hydrogen) atoms. The number of hydrogen-bond donors (Lipinski definition) is 1. The van der Waals surface area contributed by atoms with Crippen LogP contribution in [0.15, 0.2) is 65.7 Å². The average Bonchev–Trinajstić information content (AvgIpc) is 2.82. The number of hydrogen-bond acceptors (Lipinski definition) is 6. The number of nitrogens with one attached hydrogen (secondary N) is 1. The van der Waals surface area contributed by atoms with Gasteiger partial charge in [-0.2, -0.15) is 5.26 Å². The van der Waals surface area contributed by atoms with Gasteiger partial charge in [-0.1, -0.05) is 54.2 Å². The van der Waals surface area contributed by atoms with E-state index < -0.39 is 10.8 Å². The zero-order valence-corrected chi connectivity index (χ0v) is 18.0. The van der Waals surface area contributed by atoms with Crippen molar-refractivity contribution in [3.8, 4) is 6.07 Å². The summed E-state index contributed by atoms with van der Waals surface area (Å²) in [7, 11) is 0. The predicted octanol–water partition coefficient (Wildman–Crippen LogP) is 4.86. The van der Waals surface area contributed by atoms with E-state index in [1.165, 1.54) is 29.5 Å². The summed E-state index contributed by atoms with van der Waals surface area (Å²) in [6.45, 7) is 0. The molecule has 7 nitrogen and oxygen atoms in total. The number of fused-ring (bicyclic) bond motifs is 1. The molecule has 0 fully saturated rings. The molecule has 1 atom stereocenters. The van der Waals surface area contributed by atoms with Gasteiger partial charge in [-0.25, -0.2) is 4.98 Å². The standard InChI is InChI=1S/C24H20N4O3S/c25-14-19-13-18-12-17(16-6-2-1-3-7-16)10-11-20(18)27-24(19)32-15-23(29)26-21-8-4-5-9-22(21)28(30)31/h1-9,13,17H,10-12,15H2,(H,26,29). The Morgan fingerprint density at radius 1 is 1.22 bits per heavy atom. The Morgan fingerprint density at radius 2 is 1.97 bits per heavy atom. The molecule has 0 spiro atoms. The molecule has 0 saturated heterocycles. The van der Waals surface area contributed by atoms with Crippen LogP contribution >= 0.6 is 11.8 Å². The normalized spacial score (nSPS) is 14.8. The lowest BCUT2D eigenvalue weighted by Crippen LogP contribution is -2.17. The van der Waals surface area contributed by atoms with Gasteiger partial charge in [0.1, 0.15) is 16.8 Å². The highest BCUT2D eigenvalue weighted by Crippen LogP contribution is 2.34. The van der Waals surface area contributed by atoms with E-state index in [0.717, 1.165) is 30.5 Å². The van der Waals surface area contributed by atoms with Crippen LogP contribution in [-0.4, -0.2) is 21.6 Å². The summed E-state index contributed by atoms with van der Waals surface area (Å²) in [5, 5.41) is 23.8. The largest absolute Gasteiger partial charge is 0.320 e. The van der Waals surface area contributed by atoms with E-state index in [1.54, 1.807) is 12.1 Å². The first kappa shape index (κ1) is 21.5. The molecular weight excluding hydrogens is 424 g/mol. The lowest BCUT2D eigenvalue weighted by Gasteiger charge is -2.25. The fraction of sp³-hybridized carbons (Fsp3) is 0.208. The van der Waals surface area contributed by atoms with Gasteiger partial charge in [0.25, 0.3) is 5.69 Å². The van der Waals surface area contributed by atoms with Gasteiger partial charge < -0.3 is 5.32 Å². The molecule has 1 N–H and O–H groups in total. The Hall–Kier alpha value is -3.70. The maximum absolute atomic E-state index is 12.4. The molecule has 160 valence electrons. The Bertz CT molecular complexity index is 1210. The molecular formula is C24H20N4O3S. The molecule has 0 bridgehead atoms. The van der Waals surface area contributed by atoms with Crippen LogP contribution in [0, 0.1) is 21.4 Å². The molecule has 1 aliphatic carbocycles. The number of pyridine rings is 1. The quantitative estimate of drug-likeness (QED) is 0.330. The van der Waals surface area contributed by atoms with E-state index in [4.69, 9.17) is 0 Å². The molecule has 1 unspecified atom stereocenters. The Kier molecular flexibility index (Phi) is 6.47. The summed E-state index contributed by atoms with van der Waals surface area (Å²) in [4.78, 5) is 27.7. The topological polar surface area (TPSA) is 109 Å². The van der Waals surface area contributed by atoms with Crippen molar-refractivity contribution in [1.29, 1.82) is 5.26 Å². The van der Waals surface area contributed by atoms with Crippen molar-refractivity contribution in [1.82, 2.24) is 4.98 Å². The smallest absolute Gasteiger partial charge is 0.292 e. The number of nitriles is 1. The number of benzene rings is 2. The minimum atomic E-state index is -0.537. The third-order valence-corrected chi connectivity index (χ3v) is 6.45.